The van der Waals surface area contributed by atoms with Gasteiger partial charge in [0.05, 0.1) is 0 Å². The van der Waals surface area contributed by atoms with Crippen LogP contribution in [0, 0.1) is 35.5 Å². The van der Waals surface area contributed by atoms with E-state index in [9.17, 15) is 0 Å². The lowest BCUT2D eigenvalue weighted by molar-refractivity contribution is 0.348. The van der Waals surface area contributed by atoms with E-state index < -0.39 is 0 Å². The zero-order valence-electron chi connectivity index (χ0n) is 25.7. The fourth-order valence-corrected chi connectivity index (χ4v) is 5.42. The van der Waals surface area contributed by atoms with E-state index in [1.807, 2.05) is 19.9 Å². The average molecular weight is 519 g/mol. The first-order chi connectivity index (χ1) is 18.2. The molecule has 0 amide bonds. The van der Waals surface area contributed by atoms with E-state index in [2.05, 4.69) is 87.5 Å². The molecular weight excluding hydrogens is 460 g/mol. The Morgan fingerprint density at radius 3 is 2.26 bits per heavy atom. The number of nitrogens with one attached hydrogen (secondary N) is 1. The molecule has 0 aliphatic heterocycles. The van der Waals surface area contributed by atoms with Crippen LogP contribution in [0.3, 0.4) is 0 Å². The van der Waals surface area contributed by atoms with E-state index in [4.69, 9.17) is 0 Å². The first-order valence-corrected chi connectivity index (χ1v) is 14.8. The van der Waals surface area contributed by atoms with Gasteiger partial charge >= 0.3 is 0 Å². The molecule has 3 aliphatic carbocycles. The zero-order valence-corrected chi connectivity index (χ0v) is 25.7. The first-order valence-electron chi connectivity index (χ1n) is 14.8. The summed E-state index contributed by atoms with van der Waals surface area (Å²) in [6, 6.07) is 0. The second-order valence-electron chi connectivity index (χ2n) is 11.0. The van der Waals surface area contributed by atoms with Crippen molar-refractivity contribution in [2.45, 2.75) is 112 Å². The van der Waals surface area contributed by atoms with Crippen LogP contribution in [0.15, 0.2) is 78.3 Å². The SMILES string of the molecule is C#CC.C=C/C=N\C(=C/C)NC(=C)C.C=CCC1C(C)C1CCC.CC1(C2=CCCC=C2)CCCCCC1. The Labute approximate surface area is 237 Å². The highest BCUT2D eigenvalue weighted by Crippen LogP contribution is 2.50. The molecule has 0 aromatic rings. The predicted octanol–water partition coefficient (Wildman–Crippen LogP) is 10.7. The summed E-state index contributed by atoms with van der Waals surface area (Å²) in [6.07, 6.45) is 34.1. The number of terminal acetylenes is 1. The maximum Gasteiger partial charge on any atom is 0.125 e. The van der Waals surface area contributed by atoms with Crippen LogP contribution in [-0.4, -0.2) is 6.21 Å². The van der Waals surface area contributed by atoms with E-state index >= 15 is 0 Å². The molecule has 1 N–H and O–H groups in total. The lowest BCUT2D eigenvalue weighted by atomic mass is 9.74. The van der Waals surface area contributed by atoms with E-state index in [1.165, 1.54) is 70.6 Å². The Balaban J connectivity index is 0.000000522. The van der Waals surface area contributed by atoms with Crippen molar-refractivity contribution in [3.05, 3.63) is 73.3 Å². The summed E-state index contributed by atoms with van der Waals surface area (Å²) in [5, 5.41) is 2.99. The topological polar surface area (TPSA) is 24.4 Å². The molecule has 2 nitrogen and oxygen atoms in total. The van der Waals surface area contributed by atoms with Crippen LogP contribution in [0.5, 0.6) is 0 Å². The second kappa shape index (κ2) is 21.4. The molecule has 2 heteroatoms. The van der Waals surface area contributed by atoms with Crippen molar-refractivity contribution < 1.29 is 0 Å². The van der Waals surface area contributed by atoms with Gasteiger partial charge in [0.1, 0.15) is 5.82 Å². The third-order valence-corrected chi connectivity index (χ3v) is 7.65. The van der Waals surface area contributed by atoms with Gasteiger partial charge in [0.2, 0.25) is 0 Å². The van der Waals surface area contributed by atoms with Crippen LogP contribution in [0.4, 0.5) is 0 Å². The maximum atomic E-state index is 4.60. The number of allylic oxidation sites excluding steroid dienone is 8. The number of aliphatic imine (C=N–C) groups is 1. The lowest BCUT2D eigenvalue weighted by Gasteiger charge is -2.31. The highest BCUT2D eigenvalue weighted by molar-refractivity contribution is 5.71. The van der Waals surface area contributed by atoms with Gasteiger partial charge in [-0.2, -0.15) is 0 Å². The summed E-state index contributed by atoms with van der Waals surface area (Å²) >= 11 is 0. The third kappa shape index (κ3) is 15.0. The Bertz CT molecular complexity index is 837. The van der Waals surface area contributed by atoms with Gasteiger partial charge in [-0.25, -0.2) is 4.99 Å². The number of nitrogens with zero attached hydrogens (tertiary/aromatic N) is 1. The molecule has 0 bridgehead atoms. The highest BCUT2D eigenvalue weighted by Gasteiger charge is 2.43. The highest BCUT2D eigenvalue weighted by atomic mass is 15.0. The van der Waals surface area contributed by atoms with Gasteiger partial charge in [-0.15, -0.1) is 18.9 Å². The summed E-state index contributed by atoms with van der Waals surface area (Å²) < 4.78 is 0. The minimum Gasteiger partial charge on any atom is -0.345 e. The molecule has 3 unspecified atom stereocenters. The van der Waals surface area contributed by atoms with Crippen LogP contribution in [0.25, 0.3) is 0 Å². The Morgan fingerprint density at radius 2 is 1.82 bits per heavy atom. The molecule has 3 aliphatic rings. The normalized spacial score (nSPS) is 23.3. The largest absolute Gasteiger partial charge is 0.345 e. The Hall–Kier alpha value is -2.53. The summed E-state index contributed by atoms with van der Waals surface area (Å²) in [6.45, 7) is 23.5. The standard InChI is InChI=1S/C14H22.C10H18.C9H14N2.C3H4/c1-14(11-7-2-3-8-12-14)13-9-5-4-6-10-13;1-4-6-9-8(3)10(9)7-5-2;1-5-7-10-9(6-2)11-8(3)4;1-3-2/h5,9-10H,2-4,6-8,11-12H2,1H3;4,8-10H,1,5-7H2,2-3H3;5-7,11H,1,3H2,2,4H3;1H,2H3/b;;9-6+,10-7-;. The van der Waals surface area contributed by atoms with Gasteiger partial charge in [-0.3, -0.25) is 0 Å². The molecule has 0 aromatic heterocycles. The summed E-state index contributed by atoms with van der Waals surface area (Å²) in [5.41, 5.74) is 3.01. The summed E-state index contributed by atoms with van der Waals surface area (Å²) in [4.78, 5) is 4.05. The van der Waals surface area contributed by atoms with Crippen molar-refractivity contribution in [3.63, 3.8) is 0 Å². The van der Waals surface area contributed by atoms with E-state index in [1.54, 1.807) is 24.8 Å². The van der Waals surface area contributed by atoms with E-state index in [0.717, 1.165) is 29.3 Å². The Morgan fingerprint density at radius 1 is 1.18 bits per heavy atom. The van der Waals surface area contributed by atoms with Crippen molar-refractivity contribution in [2.75, 3.05) is 0 Å². The molecule has 2 fully saturated rings. The second-order valence-corrected chi connectivity index (χ2v) is 11.0. The molecule has 3 atom stereocenters. The maximum absolute atomic E-state index is 4.60. The van der Waals surface area contributed by atoms with Crippen molar-refractivity contribution in [1.82, 2.24) is 5.32 Å². The molecule has 2 saturated carbocycles. The molecule has 0 heterocycles. The molecule has 0 saturated heterocycles. The molecular formula is C36H58N2. The minimum atomic E-state index is 0.507. The number of hydrogen-bond acceptors (Lipinski definition) is 2. The number of hydrogen-bond donors (Lipinski definition) is 1. The van der Waals surface area contributed by atoms with E-state index in [-0.39, 0.29) is 0 Å². The minimum absolute atomic E-state index is 0.507. The van der Waals surface area contributed by atoms with Gasteiger partial charge < -0.3 is 5.32 Å². The molecule has 0 aromatic carbocycles. The fourth-order valence-electron chi connectivity index (χ4n) is 5.42. The van der Waals surface area contributed by atoms with Gasteiger partial charge in [-0.05, 0) is 87.7 Å². The predicted molar refractivity (Wildman–Crippen MR) is 173 cm³/mol. The van der Waals surface area contributed by atoms with Crippen molar-refractivity contribution in [3.8, 4) is 12.3 Å². The van der Waals surface area contributed by atoms with Gasteiger partial charge in [0.25, 0.3) is 0 Å². The van der Waals surface area contributed by atoms with Crippen LogP contribution in [-0.2, 0) is 0 Å². The lowest BCUT2D eigenvalue weighted by Crippen LogP contribution is -2.18. The van der Waals surface area contributed by atoms with Crippen LogP contribution < -0.4 is 5.32 Å². The third-order valence-electron chi connectivity index (χ3n) is 7.65. The fraction of sp³-hybridized carbons (Fsp3) is 0.583. The smallest absolute Gasteiger partial charge is 0.125 e. The first kappa shape index (κ1) is 35.5. The van der Waals surface area contributed by atoms with Crippen molar-refractivity contribution in [1.29, 1.82) is 0 Å². The zero-order chi connectivity index (χ0) is 28.8. The summed E-state index contributed by atoms with van der Waals surface area (Å²) in [7, 11) is 0. The van der Waals surface area contributed by atoms with Crippen LogP contribution >= 0.6 is 0 Å². The quantitative estimate of drug-likeness (QED) is 0.139. The molecule has 0 radical (unpaired) electrons. The van der Waals surface area contributed by atoms with Gasteiger partial charge in [0, 0.05) is 11.9 Å². The number of rotatable bonds is 9. The van der Waals surface area contributed by atoms with Crippen molar-refractivity contribution in [2.24, 2.45) is 28.2 Å². The van der Waals surface area contributed by atoms with Crippen LogP contribution in [0.2, 0.25) is 0 Å². The Kier molecular flexibility index (Phi) is 20.0. The molecule has 0 spiro atoms. The van der Waals surface area contributed by atoms with Gasteiger partial charge in [-0.1, -0.05) is 103 Å². The van der Waals surface area contributed by atoms with E-state index in [0.29, 0.717) is 5.41 Å². The molecule has 3 rings (SSSR count). The van der Waals surface area contributed by atoms with Crippen LogP contribution in [0.1, 0.15) is 112 Å². The average Bonchev–Trinajstić information content (AvgIpc) is 3.59. The van der Waals surface area contributed by atoms with Crippen molar-refractivity contribution >= 4 is 6.21 Å². The van der Waals surface area contributed by atoms with Gasteiger partial charge in [0.15, 0.2) is 0 Å². The summed E-state index contributed by atoms with van der Waals surface area (Å²) in [5.74, 6) is 6.04. The molecule has 38 heavy (non-hydrogen) atoms. The molecule has 212 valence electrons. The monoisotopic (exact) mass is 518 g/mol.